The lowest BCUT2D eigenvalue weighted by atomic mass is 10.1. The van der Waals surface area contributed by atoms with Crippen LogP contribution < -0.4 is 10.6 Å². The minimum Gasteiger partial charge on any atom is -0.388 e. The Labute approximate surface area is 90.8 Å². The Morgan fingerprint density at radius 3 is 2.33 bits per heavy atom. The molecule has 0 bridgehead atoms. The summed E-state index contributed by atoms with van der Waals surface area (Å²) in [5.74, 6) is 0.497. The van der Waals surface area contributed by atoms with Crippen LogP contribution in [0.5, 0.6) is 0 Å². The van der Waals surface area contributed by atoms with E-state index in [2.05, 4.69) is 10.6 Å². The first-order chi connectivity index (χ1) is 7.10. The van der Waals surface area contributed by atoms with E-state index >= 15 is 0 Å². The van der Waals surface area contributed by atoms with E-state index in [1.807, 2.05) is 46.4 Å². The summed E-state index contributed by atoms with van der Waals surface area (Å²) in [5, 5.41) is 14.1. The summed E-state index contributed by atoms with van der Waals surface area (Å²) < 4.78 is 0. The second-order valence-electron chi connectivity index (χ2n) is 3.50. The van der Waals surface area contributed by atoms with Crippen molar-refractivity contribution in [2.45, 2.75) is 0 Å². The highest BCUT2D eigenvalue weighted by Gasteiger charge is 2.09. The maximum atomic E-state index is 7.96. The topological polar surface area (TPSA) is 51.1 Å². The zero-order valence-corrected chi connectivity index (χ0v) is 9.68. The van der Waals surface area contributed by atoms with Crippen molar-refractivity contribution in [1.29, 1.82) is 5.41 Å². The summed E-state index contributed by atoms with van der Waals surface area (Å²) in [6, 6.07) is 5.92. The van der Waals surface area contributed by atoms with Crippen LogP contribution in [-0.2, 0) is 0 Å². The number of nitrogens with one attached hydrogen (secondary N) is 3. The van der Waals surface area contributed by atoms with E-state index < -0.39 is 0 Å². The molecule has 4 nitrogen and oxygen atoms in total. The van der Waals surface area contributed by atoms with Gasteiger partial charge in [-0.3, -0.25) is 5.41 Å². The van der Waals surface area contributed by atoms with Gasteiger partial charge in [-0.05, 0) is 18.2 Å². The van der Waals surface area contributed by atoms with Gasteiger partial charge in [0.1, 0.15) is 5.84 Å². The van der Waals surface area contributed by atoms with Gasteiger partial charge < -0.3 is 15.5 Å². The SMILES string of the molecule is CNc1ccc(NC)c(C(=N)N(C)C)c1. The Morgan fingerprint density at radius 1 is 1.20 bits per heavy atom. The molecule has 0 saturated heterocycles. The summed E-state index contributed by atoms with van der Waals surface area (Å²) in [4.78, 5) is 1.79. The van der Waals surface area contributed by atoms with E-state index in [9.17, 15) is 0 Å². The normalized spacial score (nSPS) is 9.60. The van der Waals surface area contributed by atoms with Gasteiger partial charge in [-0.1, -0.05) is 0 Å². The highest BCUT2D eigenvalue weighted by molar-refractivity contribution is 6.02. The first-order valence-corrected chi connectivity index (χ1v) is 4.86. The van der Waals surface area contributed by atoms with Gasteiger partial charge in [0, 0.05) is 45.1 Å². The fraction of sp³-hybridized carbons (Fsp3) is 0.364. The minimum atomic E-state index is 0.497. The van der Waals surface area contributed by atoms with Crippen molar-refractivity contribution in [3.63, 3.8) is 0 Å². The monoisotopic (exact) mass is 206 g/mol. The Balaban J connectivity index is 3.17. The standard InChI is InChI=1S/C11H18N4/c1-13-8-5-6-10(14-2)9(7-8)11(12)15(3)4/h5-7,12-14H,1-4H3. The Hall–Kier alpha value is -1.71. The molecule has 0 unspecified atom stereocenters. The molecule has 0 amide bonds. The molecule has 0 aliphatic carbocycles. The van der Waals surface area contributed by atoms with Crippen molar-refractivity contribution in [2.75, 3.05) is 38.8 Å². The van der Waals surface area contributed by atoms with Gasteiger partial charge in [0.05, 0.1) is 0 Å². The van der Waals surface area contributed by atoms with Crippen molar-refractivity contribution in [3.8, 4) is 0 Å². The lowest BCUT2D eigenvalue weighted by molar-refractivity contribution is 0.619. The first-order valence-electron chi connectivity index (χ1n) is 4.86. The maximum Gasteiger partial charge on any atom is 0.129 e. The Kier molecular flexibility index (Phi) is 3.55. The number of benzene rings is 1. The predicted molar refractivity (Wildman–Crippen MR) is 66.1 cm³/mol. The first kappa shape index (κ1) is 11.4. The molecule has 3 N–H and O–H groups in total. The average molecular weight is 206 g/mol. The molecule has 1 aromatic rings. The molecular weight excluding hydrogens is 188 g/mol. The average Bonchev–Trinajstić information content (AvgIpc) is 2.27. The number of hydrogen-bond acceptors (Lipinski definition) is 3. The van der Waals surface area contributed by atoms with E-state index in [0.29, 0.717) is 5.84 Å². The van der Waals surface area contributed by atoms with E-state index in [-0.39, 0.29) is 0 Å². The summed E-state index contributed by atoms with van der Waals surface area (Å²) in [6.07, 6.45) is 0. The number of nitrogens with zero attached hydrogens (tertiary/aromatic N) is 1. The summed E-state index contributed by atoms with van der Waals surface area (Å²) in [7, 11) is 7.47. The van der Waals surface area contributed by atoms with E-state index in [4.69, 9.17) is 5.41 Å². The van der Waals surface area contributed by atoms with Gasteiger partial charge >= 0.3 is 0 Å². The van der Waals surface area contributed by atoms with Gasteiger partial charge in [0.25, 0.3) is 0 Å². The van der Waals surface area contributed by atoms with E-state index in [1.165, 1.54) is 0 Å². The van der Waals surface area contributed by atoms with Gasteiger partial charge in [0.15, 0.2) is 0 Å². The third-order valence-corrected chi connectivity index (χ3v) is 2.28. The molecule has 4 heteroatoms. The molecule has 1 aromatic carbocycles. The third-order valence-electron chi connectivity index (χ3n) is 2.28. The van der Waals surface area contributed by atoms with Crippen molar-refractivity contribution < 1.29 is 0 Å². The highest BCUT2D eigenvalue weighted by atomic mass is 15.1. The Morgan fingerprint density at radius 2 is 1.87 bits per heavy atom. The third kappa shape index (κ3) is 2.40. The van der Waals surface area contributed by atoms with E-state index in [0.717, 1.165) is 16.9 Å². The van der Waals surface area contributed by atoms with Crippen molar-refractivity contribution in [1.82, 2.24) is 4.90 Å². The van der Waals surface area contributed by atoms with Gasteiger partial charge in [-0.15, -0.1) is 0 Å². The van der Waals surface area contributed by atoms with Crippen LogP contribution in [0.2, 0.25) is 0 Å². The molecule has 0 radical (unpaired) electrons. The lowest BCUT2D eigenvalue weighted by Crippen LogP contribution is -2.22. The second-order valence-corrected chi connectivity index (χ2v) is 3.50. The molecule has 15 heavy (non-hydrogen) atoms. The molecule has 1 rings (SSSR count). The molecule has 0 aliphatic rings. The number of hydrogen-bond donors (Lipinski definition) is 3. The summed E-state index contributed by atoms with van der Waals surface area (Å²) >= 11 is 0. The van der Waals surface area contributed by atoms with Crippen molar-refractivity contribution in [3.05, 3.63) is 23.8 Å². The zero-order chi connectivity index (χ0) is 11.4. The lowest BCUT2D eigenvalue weighted by Gasteiger charge is -2.17. The molecule has 82 valence electrons. The molecular formula is C11H18N4. The molecule has 0 saturated carbocycles. The van der Waals surface area contributed by atoms with Crippen LogP contribution in [0.25, 0.3) is 0 Å². The minimum absolute atomic E-state index is 0.497. The van der Waals surface area contributed by atoms with Crippen LogP contribution in [-0.4, -0.2) is 38.9 Å². The summed E-state index contributed by atoms with van der Waals surface area (Å²) in [5.41, 5.74) is 2.87. The van der Waals surface area contributed by atoms with Gasteiger partial charge in [0.2, 0.25) is 0 Å². The fourth-order valence-corrected chi connectivity index (χ4v) is 1.35. The van der Waals surface area contributed by atoms with Crippen molar-refractivity contribution >= 4 is 17.2 Å². The highest BCUT2D eigenvalue weighted by Crippen LogP contribution is 2.20. The smallest absolute Gasteiger partial charge is 0.129 e. The molecule has 0 heterocycles. The molecule has 0 aromatic heterocycles. The molecule has 0 aliphatic heterocycles. The molecule has 0 fully saturated rings. The van der Waals surface area contributed by atoms with Gasteiger partial charge in [-0.25, -0.2) is 0 Å². The quantitative estimate of drug-likeness (QED) is 0.520. The van der Waals surface area contributed by atoms with Crippen LogP contribution in [0.4, 0.5) is 11.4 Å². The van der Waals surface area contributed by atoms with Gasteiger partial charge in [-0.2, -0.15) is 0 Å². The van der Waals surface area contributed by atoms with Crippen LogP contribution in [0, 0.1) is 5.41 Å². The van der Waals surface area contributed by atoms with E-state index in [1.54, 1.807) is 4.90 Å². The Bertz CT molecular complexity index is 358. The summed E-state index contributed by atoms with van der Waals surface area (Å²) in [6.45, 7) is 0. The largest absolute Gasteiger partial charge is 0.388 e. The molecule has 0 atom stereocenters. The second kappa shape index (κ2) is 4.68. The molecule has 0 spiro atoms. The number of rotatable bonds is 3. The number of amidine groups is 1. The zero-order valence-electron chi connectivity index (χ0n) is 9.68. The predicted octanol–water partition coefficient (Wildman–Crippen LogP) is 1.66. The fourth-order valence-electron chi connectivity index (χ4n) is 1.35. The van der Waals surface area contributed by atoms with Crippen LogP contribution in [0.1, 0.15) is 5.56 Å². The van der Waals surface area contributed by atoms with Crippen molar-refractivity contribution in [2.24, 2.45) is 0 Å². The number of anilines is 2. The maximum absolute atomic E-state index is 7.96. The van der Waals surface area contributed by atoms with Crippen LogP contribution in [0.3, 0.4) is 0 Å². The van der Waals surface area contributed by atoms with Crippen LogP contribution >= 0.6 is 0 Å². The van der Waals surface area contributed by atoms with Crippen LogP contribution in [0.15, 0.2) is 18.2 Å².